The molecule has 0 aliphatic rings. The Labute approximate surface area is 177 Å². The minimum absolute atomic E-state index is 0.204. The zero-order valence-electron chi connectivity index (χ0n) is 17.2. The Morgan fingerprint density at radius 1 is 0.935 bits per heavy atom. The molecule has 0 fully saturated rings. The largest absolute Gasteiger partial charge is 0.465 e. The molecule has 0 bridgehead atoms. The van der Waals surface area contributed by atoms with Gasteiger partial charge in [-0.05, 0) is 12.1 Å². The molecule has 0 saturated carbocycles. The Morgan fingerprint density at radius 3 is 2.23 bits per heavy atom. The van der Waals surface area contributed by atoms with E-state index >= 15 is 0 Å². The molecule has 0 amide bonds. The molecule has 5 aromatic rings. The van der Waals surface area contributed by atoms with Gasteiger partial charge in [-0.2, -0.15) is 0 Å². The molecule has 0 aliphatic carbocycles. The SMILES string of the molecule is C=CCn1c2ccccc2c2c(C(=O)OC)c(C(=O)OC)c3c4ccccc4[nH]c3c21. The van der Waals surface area contributed by atoms with Gasteiger partial charge in [0.1, 0.15) is 0 Å². The number of benzene rings is 3. The van der Waals surface area contributed by atoms with Crippen LogP contribution < -0.4 is 0 Å². The highest BCUT2D eigenvalue weighted by Crippen LogP contribution is 2.42. The minimum atomic E-state index is -0.586. The number of carbonyl (C=O) groups excluding carboxylic acids is 2. The van der Waals surface area contributed by atoms with E-state index in [1.54, 1.807) is 0 Å². The molecule has 1 N–H and O–H groups in total. The lowest BCUT2D eigenvalue weighted by Gasteiger charge is -2.12. The van der Waals surface area contributed by atoms with Crippen molar-refractivity contribution in [1.82, 2.24) is 9.55 Å². The highest BCUT2D eigenvalue weighted by atomic mass is 16.5. The van der Waals surface area contributed by atoms with Gasteiger partial charge >= 0.3 is 11.9 Å². The molecule has 2 heterocycles. The number of ether oxygens (including phenoxy) is 2. The Kier molecular flexibility index (Phi) is 4.29. The van der Waals surface area contributed by atoms with Crippen LogP contribution in [-0.4, -0.2) is 35.7 Å². The van der Waals surface area contributed by atoms with Crippen molar-refractivity contribution < 1.29 is 19.1 Å². The lowest BCUT2D eigenvalue weighted by molar-refractivity contribution is 0.0559. The summed E-state index contributed by atoms with van der Waals surface area (Å²) in [6, 6.07) is 15.5. The molecule has 0 spiro atoms. The van der Waals surface area contributed by atoms with E-state index < -0.39 is 11.9 Å². The van der Waals surface area contributed by atoms with Gasteiger partial charge in [0.15, 0.2) is 0 Å². The number of esters is 2. The standard InChI is InChI=1S/C25H20N2O4/c1-4-13-27-17-12-8-6-10-15(17)19-21(25(29)31-3)20(24(28)30-2)18-14-9-5-7-11-16(14)26-22(18)23(19)27/h4-12,26H,1,13H2,2-3H3. The van der Waals surface area contributed by atoms with E-state index in [9.17, 15) is 9.59 Å². The predicted octanol–water partition coefficient (Wildman–Crippen LogP) is 5.19. The number of rotatable bonds is 4. The van der Waals surface area contributed by atoms with Gasteiger partial charge in [-0.15, -0.1) is 6.58 Å². The second-order valence-electron chi connectivity index (χ2n) is 7.29. The van der Waals surface area contributed by atoms with E-state index in [0.717, 1.165) is 32.8 Å². The van der Waals surface area contributed by atoms with Crippen LogP contribution in [0.1, 0.15) is 20.7 Å². The zero-order valence-corrected chi connectivity index (χ0v) is 17.2. The number of nitrogens with one attached hydrogen (secondary N) is 1. The maximum atomic E-state index is 13.1. The van der Waals surface area contributed by atoms with Crippen LogP contribution in [0, 0.1) is 0 Å². The number of para-hydroxylation sites is 2. The van der Waals surface area contributed by atoms with Crippen LogP contribution >= 0.6 is 0 Å². The average molecular weight is 412 g/mol. The van der Waals surface area contributed by atoms with Crippen molar-refractivity contribution in [2.45, 2.75) is 6.54 Å². The normalized spacial score (nSPS) is 11.4. The fourth-order valence-electron chi connectivity index (χ4n) is 4.58. The van der Waals surface area contributed by atoms with Crippen molar-refractivity contribution in [2.75, 3.05) is 14.2 Å². The van der Waals surface area contributed by atoms with Gasteiger partial charge in [-0.1, -0.05) is 42.5 Å². The summed E-state index contributed by atoms with van der Waals surface area (Å²) < 4.78 is 12.4. The van der Waals surface area contributed by atoms with E-state index in [1.165, 1.54) is 14.2 Å². The molecular weight excluding hydrogens is 392 g/mol. The van der Waals surface area contributed by atoms with Gasteiger partial charge in [0.25, 0.3) is 0 Å². The monoisotopic (exact) mass is 412 g/mol. The van der Waals surface area contributed by atoms with Crippen LogP contribution in [0.5, 0.6) is 0 Å². The quantitative estimate of drug-likeness (QED) is 0.326. The molecule has 5 rings (SSSR count). The van der Waals surface area contributed by atoms with Crippen LogP contribution in [-0.2, 0) is 16.0 Å². The first-order chi connectivity index (χ1) is 15.1. The summed E-state index contributed by atoms with van der Waals surface area (Å²) >= 11 is 0. The number of aromatic nitrogens is 2. The molecule has 154 valence electrons. The number of H-pyrrole nitrogens is 1. The van der Waals surface area contributed by atoms with Crippen LogP contribution in [0.25, 0.3) is 43.6 Å². The molecular formula is C25H20N2O4. The number of aromatic amines is 1. The Hall–Kier alpha value is -4.06. The molecule has 0 radical (unpaired) electrons. The number of hydrogen-bond donors (Lipinski definition) is 1. The first-order valence-corrected chi connectivity index (χ1v) is 9.87. The third kappa shape index (κ3) is 2.51. The summed E-state index contributed by atoms with van der Waals surface area (Å²) in [7, 11) is 2.63. The topological polar surface area (TPSA) is 73.3 Å². The molecule has 0 atom stereocenters. The number of nitrogens with zero attached hydrogens (tertiary/aromatic N) is 1. The maximum Gasteiger partial charge on any atom is 0.339 e. The predicted molar refractivity (Wildman–Crippen MR) is 122 cm³/mol. The minimum Gasteiger partial charge on any atom is -0.465 e. The smallest absolute Gasteiger partial charge is 0.339 e. The van der Waals surface area contributed by atoms with E-state index in [0.29, 0.717) is 17.3 Å². The summed E-state index contributed by atoms with van der Waals surface area (Å²) in [6.45, 7) is 4.44. The highest BCUT2D eigenvalue weighted by Gasteiger charge is 2.31. The van der Waals surface area contributed by atoms with Gasteiger partial charge in [0.05, 0.1) is 36.4 Å². The van der Waals surface area contributed by atoms with Crippen LogP contribution in [0.3, 0.4) is 0 Å². The first kappa shape index (κ1) is 18.9. The van der Waals surface area contributed by atoms with Gasteiger partial charge in [0.2, 0.25) is 0 Å². The molecule has 6 nitrogen and oxygen atoms in total. The van der Waals surface area contributed by atoms with Crippen molar-refractivity contribution in [3.63, 3.8) is 0 Å². The Bertz CT molecular complexity index is 1540. The molecule has 0 saturated heterocycles. The lowest BCUT2D eigenvalue weighted by atomic mass is 9.95. The van der Waals surface area contributed by atoms with E-state index in [1.807, 2.05) is 54.6 Å². The third-order valence-electron chi connectivity index (χ3n) is 5.75. The Balaban J connectivity index is 2.20. The summed E-state index contributed by atoms with van der Waals surface area (Å²) in [5.74, 6) is -1.17. The third-order valence-corrected chi connectivity index (χ3v) is 5.75. The first-order valence-electron chi connectivity index (χ1n) is 9.87. The molecule has 6 heteroatoms. The Morgan fingerprint density at radius 2 is 1.55 bits per heavy atom. The maximum absolute atomic E-state index is 13.1. The fourth-order valence-corrected chi connectivity index (χ4v) is 4.58. The summed E-state index contributed by atoms with van der Waals surface area (Å²) in [4.78, 5) is 29.6. The average Bonchev–Trinajstić information content (AvgIpc) is 3.34. The summed E-state index contributed by atoms with van der Waals surface area (Å²) in [5, 5.41) is 2.98. The molecule has 2 aromatic heterocycles. The molecule has 0 aliphatic heterocycles. The number of methoxy groups -OCH3 is 2. The van der Waals surface area contributed by atoms with Crippen molar-refractivity contribution in [2.24, 2.45) is 0 Å². The van der Waals surface area contributed by atoms with E-state index in [4.69, 9.17) is 9.47 Å². The number of allylic oxidation sites excluding steroid dienone is 1. The van der Waals surface area contributed by atoms with Gasteiger partial charge in [-0.25, -0.2) is 9.59 Å². The highest BCUT2D eigenvalue weighted by molar-refractivity contribution is 6.33. The van der Waals surface area contributed by atoms with Crippen molar-refractivity contribution >= 4 is 55.6 Å². The number of fused-ring (bicyclic) bond motifs is 7. The lowest BCUT2D eigenvalue weighted by Crippen LogP contribution is -2.13. The van der Waals surface area contributed by atoms with Crippen LogP contribution in [0.2, 0.25) is 0 Å². The molecule has 0 unspecified atom stereocenters. The zero-order chi connectivity index (χ0) is 21.7. The molecule has 3 aromatic carbocycles. The van der Waals surface area contributed by atoms with Gasteiger partial charge in [-0.3, -0.25) is 0 Å². The van der Waals surface area contributed by atoms with Crippen molar-refractivity contribution in [3.05, 3.63) is 72.3 Å². The second kappa shape index (κ2) is 7.02. The number of hydrogen-bond acceptors (Lipinski definition) is 4. The van der Waals surface area contributed by atoms with Crippen molar-refractivity contribution in [1.29, 1.82) is 0 Å². The number of carbonyl (C=O) groups is 2. The summed E-state index contributed by atoms with van der Waals surface area (Å²) in [5.41, 5.74) is 3.80. The van der Waals surface area contributed by atoms with Gasteiger partial charge in [0, 0.05) is 39.1 Å². The van der Waals surface area contributed by atoms with E-state index in [2.05, 4.69) is 16.1 Å². The van der Waals surface area contributed by atoms with Crippen molar-refractivity contribution in [3.8, 4) is 0 Å². The van der Waals surface area contributed by atoms with E-state index in [-0.39, 0.29) is 11.1 Å². The molecule has 31 heavy (non-hydrogen) atoms. The van der Waals surface area contributed by atoms with Crippen LogP contribution in [0.4, 0.5) is 0 Å². The fraction of sp³-hybridized carbons (Fsp3) is 0.120. The van der Waals surface area contributed by atoms with Crippen LogP contribution in [0.15, 0.2) is 61.2 Å². The second-order valence-corrected chi connectivity index (χ2v) is 7.29. The summed E-state index contributed by atoms with van der Waals surface area (Å²) in [6.07, 6.45) is 1.81. The van der Waals surface area contributed by atoms with Gasteiger partial charge < -0.3 is 19.0 Å².